The van der Waals surface area contributed by atoms with Gasteiger partial charge in [0, 0.05) is 18.0 Å². The van der Waals surface area contributed by atoms with Crippen molar-refractivity contribution in [2.45, 2.75) is 51.4 Å². The van der Waals surface area contributed by atoms with Gasteiger partial charge in [-0.1, -0.05) is 30.8 Å². The van der Waals surface area contributed by atoms with Crippen LogP contribution in [0, 0.1) is 0 Å². The van der Waals surface area contributed by atoms with Gasteiger partial charge in [-0.25, -0.2) is 0 Å². The van der Waals surface area contributed by atoms with Gasteiger partial charge in [0.1, 0.15) is 6.04 Å². The molecule has 0 saturated carbocycles. The van der Waals surface area contributed by atoms with E-state index in [2.05, 4.69) is 35.0 Å². The van der Waals surface area contributed by atoms with E-state index in [1.54, 1.807) is 7.11 Å². The SMILES string of the molecule is CCC1CSC2=NC(c3ccccn3)C(c3ccc(OC(C)C)c(OC)c3)N21. The van der Waals surface area contributed by atoms with Crippen molar-refractivity contribution in [1.82, 2.24) is 9.88 Å². The smallest absolute Gasteiger partial charge is 0.161 e. The number of nitrogens with zero attached hydrogens (tertiary/aromatic N) is 3. The number of fused-ring (bicyclic) bond motifs is 1. The third-order valence-electron chi connectivity index (χ3n) is 5.22. The molecule has 3 unspecified atom stereocenters. The molecule has 2 aliphatic heterocycles. The monoisotopic (exact) mass is 397 g/mol. The highest BCUT2D eigenvalue weighted by Gasteiger charge is 2.45. The van der Waals surface area contributed by atoms with E-state index in [4.69, 9.17) is 14.5 Å². The Morgan fingerprint density at radius 3 is 2.75 bits per heavy atom. The molecular weight excluding hydrogens is 370 g/mol. The molecule has 1 saturated heterocycles. The number of amidine groups is 1. The number of pyridine rings is 1. The maximum absolute atomic E-state index is 5.91. The summed E-state index contributed by atoms with van der Waals surface area (Å²) in [6.07, 6.45) is 3.05. The van der Waals surface area contributed by atoms with Crippen LogP contribution in [-0.2, 0) is 0 Å². The van der Waals surface area contributed by atoms with Crippen LogP contribution in [0.25, 0.3) is 0 Å². The van der Waals surface area contributed by atoms with E-state index in [0.29, 0.717) is 6.04 Å². The fraction of sp³-hybridized carbons (Fsp3) is 0.455. The van der Waals surface area contributed by atoms with E-state index >= 15 is 0 Å². The molecule has 0 amide bonds. The highest BCUT2D eigenvalue weighted by Crippen LogP contribution is 2.49. The largest absolute Gasteiger partial charge is 0.493 e. The minimum absolute atomic E-state index is 0.0142. The molecule has 0 bridgehead atoms. The average Bonchev–Trinajstić information content (AvgIpc) is 3.27. The number of hydrogen-bond acceptors (Lipinski definition) is 6. The van der Waals surface area contributed by atoms with Gasteiger partial charge in [-0.3, -0.25) is 9.98 Å². The molecule has 3 atom stereocenters. The summed E-state index contributed by atoms with van der Waals surface area (Å²) in [7, 11) is 1.69. The Balaban J connectivity index is 1.76. The fourth-order valence-corrected chi connectivity index (χ4v) is 5.27. The first-order valence-electron chi connectivity index (χ1n) is 9.86. The zero-order chi connectivity index (χ0) is 19.7. The molecule has 28 heavy (non-hydrogen) atoms. The summed E-state index contributed by atoms with van der Waals surface area (Å²) in [6, 6.07) is 12.9. The molecule has 148 valence electrons. The maximum atomic E-state index is 5.91. The van der Waals surface area contributed by atoms with Crippen LogP contribution in [0.5, 0.6) is 11.5 Å². The number of methoxy groups -OCH3 is 1. The second kappa shape index (κ2) is 8.03. The molecule has 0 spiro atoms. The van der Waals surface area contributed by atoms with Crippen molar-refractivity contribution < 1.29 is 9.47 Å². The third-order valence-corrected chi connectivity index (χ3v) is 6.35. The Morgan fingerprint density at radius 1 is 1.21 bits per heavy atom. The topological polar surface area (TPSA) is 47.0 Å². The molecule has 2 aliphatic rings. The molecule has 1 fully saturated rings. The number of benzene rings is 1. The van der Waals surface area contributed by atoms with Crippen LogP contribution in [0.3, 0.4) is 0 Å². The zero-order valence-corrected chi connectivity index (χ0v) is 17.6. The summed E-state index contributed by atoms with van der Waals surface area (Å²) in [5.74, 6) is 2.63. The number of aliphatic imine (C=N–C) groups is 1. The van der Waals surface area contributed by atoms with Gasteiger partial charge in [0.2, 0.25) is 0 Å². The van der Waals surface area contributed by atoms with E-state index in [-0.39, 0.29) is 18.2 Å². The molecule has 3 heterocycles. The Labute approximate surface area is 171 Å². The van der Waals surface area contributed by atoms with Crippen LogP contribution in [0.1, 0.15) is 50.5 Å². The van der Waals surface area contributed by atoms with E-state index in [1.807, 2.05) is 50.0 Å². The van der Waals surface area contributed by atoms with Crippen LogP contribution in [0.4, 0.5) is 0 Å². The Hall–Kier alpha value is -2.21. The van der Waals surface area contributed by atoms with Crippen molar-refractivity contribution in [2.75, 3.05) is 12.9 Å². The highest BCUT2D eigenvalue weighted by molar-refractivity contribution is 8.14. The lowest BCUT2D eigenvalue weighted by molar-refractivity contribution is 0.228. The van der Waals surface area contributed by atoms with Crippen molar-refractivity contribution in [3.05, 3.63) is 53.9 Å². The van der Waals surface area contributed by atoms with Gasteiger partial charge < -0.3 is 14.4 Å². The average molecular weight is 398 g/mol. The summed E-state index contributed by atoms with van der Waals surface area (Å²) in [5.41, 5.74) is 2.19. The molecule has 5 nitrogen and oxygen atoms in total. The summed E-state index contributed by atoms with van der Waals surface area (Å²) >= 11 is 1.86. The predicted octanol–water partition coefficient (Wildman–Crippen LogP) is 4.86. The van der Waals surface area contributed by atoms with Crippen molar-refractivity contribution >= 4 is 16.9 Å². The van der Waals surface area contributed by atoms with Gasteiger partial charge in [-0.15, -0.1) is 0 Å². The van der Waals surface area contributed by atoms with Gasteiger partial charge in [0.05, 0.1) is 24.9 Å². The Morgan fingerprint density at radius 2 is 2.07 bits per heavy atom. The minimum Gasteiger partial charge on any atom is -0.493 e. The van der Waals surface area contributed by atoms with E-state index in [9.17, 15) is 0 Å². The van der Waals surface area contributed by atoms with Gasteiger partial charge >= 0.3 is 0 Å². The highest BCUT2D eigenvalue weighted by atomic mass is 32.2. The lowest BCUT2D eigenvalue weighted by Crippen LogP contribution is -2.35. The molecule has 4 rings (SSSR count). The van der Waals surface area contributed by atoms with Crippen molar-refractivity contribution in [3.63, 3.8) is 0 Å². The first-order valence-corrected chi connectivity index (χ1v) is 10.8. The number of aromatic nitrogens is 1. The lowest BCUT2D eigenvalue weighted by atomic mass is 9.95. The quantitative estimate of drug-likeness (QED) is 0.697. The molecular formula is C22H27N3O2S. The van der Waals surface area contributed by atoms with Crippen LogP contribution in [0.15, 0.2) is 47.6 Å². The van der Waals surface area contributed by atoms with E-state index in [1.165, 1.54) is 5.56 Å². The molecule has 1 aromatic carbocycles. The normalized spacial score (nSPS) is 23.7. The summed E-state index contributed by atoms with van der Waals surface area (Å²) in [6.45, 7) is 6.29. The van der Waals surface area contributed by atoms with Crippen molar-refractivity contribution in [1.29, 1.82) is 0 Å². The standard InChI is InChI=1S/C22H27N3O2S/c1-5-16-13-28-22-24-20(17-8-6-7-11-23-17)21(25(16)22)15-9-10-18(27-14(2)3)19(12-15)26-4/h6-12,14,16,20-21H,5,13H2,1-4H3. The first-order chi connectivity index (χ1) is 13.6. The van der Waals surface area contributed by atoms with Crippen LogP contribution >= 0.6 is 11.8 Å². The van der Waals surface area contributed by atoms with Gasteiger partial charge in [-0.05, 0) is 50.1 Å². The zero-order valence-electron chi connectivity index (χ0n) is 16.8. The van der Waals surface area contributed by atoms with Crippen LogP contribution in [0.2, 0.25) is 0 Å². The van der Waals surface area contributed by atoms with Crippen LogP contribution < -0.4 is 9.47 Å². The molecule has 2 aromatic rings. The van der Waals surface area contributed by atoms with Gasteiger partial charge in [0.25, 0.3) is 0 Å². The molecule has 6 heteroatoms. The molecule has 0 N–H and O–H groups in total. The summed E-state index contributed by atoms with van der Waals surface area (Å²) in [5, 5.41) is 1.13. The number of hydrogen-bond donors (Lipinski definition) is 0. The summed E-state index contributed by atoms with van der Waals surface area (Å²) in [4.78, 5) is 12.2. The third kappa shape index (κ3) is 3.46. The number of rotatable bonds is 6. The van der Waals surface area contributed by atoms with E-state index in [0.717, 1.165) is 34.5 Å². The molecule has 0 radical (unpaired) electrons. The Bertz CT molecular complexity index is 856. The molecule has 0 aliphatic carbocycles. The van der Waals surface area contributed by atoms with Gasteiger partial charge in [0.15, 0.2) is 16.7 Å². The van der Waals surface area contributed by atoms with Crippen molar-refractivity contribution in [2.24, 2.45) is 4.99 Å². The van der Waals surface area contributed by atoms with Gasteiger partial charge in [-0.2, -0.15) is 0 Å². The summed E-state index contributed by atoms with van der Waals surface area (Å²) < 4.78 is 11.6. The predicted molar refractivity (Wildman–Crippen MR) is 114 cm³/mol. The Kier molecular flexibility index (Phi) is 5.49. The second-order valence-corrected chi connectivity index (χ2v) is 8.40. The molecule has 1 aromatic heterocycles. The fourth-order valence-electron chi connectivity index (χ4n) is 3.93. The van der Waals surface area contributed by atoms with Crippen molar-refractivity contribution in [3.8, 4) is 11.5 Å². The lowest BCUT2D eigenvalue weighted by Gasteiger charge is -2.32. The van der Waals surface area contributed by atoms with E-state index < -0.39 is 0 Å². The van der Waals surface area contributed by atoms with Crippen LogP contribution in [-0.4, -0.2) is 40.1 Å². The minimum atomic E-state index is -0.0142. The maximum Gasteiger partial charge on any atom is 0.161 e. The first kappa shape index (κ1) is 19.1. The number of thioether (sulfide) groups is 1. The number of ether oxygens (including phenoxy) is 2. The second-order valence-electron chi connectivity index (χ2n) is 7.41.